The van der Waals surface area contributed by atoms with Gasteiger partial charge in [0, 0.05) is 26.1 Å². The molecular weight excluding hydrogens is 272 g/mol. The molecule has 0 atom stereocenters. The van der Waals surface area contributed by atoms with E-state index in [4.69, 9.17) is 0 Å². The average Bonchev–Trinajstić information content (AvgIpc) is 2.98. The Labute approximate surface area is 125 Å². The number of carbonyl (C=O) groups excluding carboxylic acids is 2. The molecule has 1 heterocycles. The third-order valence-electron chi connectivity index (χ3n) is 3.11. The molecule has 1 aromatic rings. The molecular formula is C15H24N2O2S. The van der Waals surface area contributed by atoms with E-state index in [1.165, 1.54) is 11.3 Å². The summed E-state index contributed by atoms with van der Waals surface area (Å²) in [4.78, 5) is 26.3. The number of carbonyl (C=O) groups is 2. The summed E-state index contributed by atoms with van der Waals surface area (Å²) in [6, 6.07) is 3.66. The number of rotatable bonds is 9. The Morgan fingerprint density at radius 1 is 1.30 bits per heavy atom. The Balaban J connectivity index is 2.19. The molecule has 5 heteroatoms. The largest absolute Gasteiger partial charge is 0.351 e. The van der Waals surface area contributed by atoms with Gasteiger partial charge >= 0.3 is 0 Å². The van der Waals surface area contributed by atoms with E-state index in [0.717, 1.165) is 30.8 Å². The number of amides is 2. The van der Waals surface area contributed by atoms with Gasteiger partial charge in [-0.05, 0) is 31.2 Å². The van der Waals surface area contributed by atoms with Crippen LogP contribution in [-0.2, 0) is 4.79 Å². The predicted octanol–water partition coefficient (Wildman–Crippen LogP) is 2.91. The van der Waals surface area contributed by atoms with E-state index in [-0.39, 0.29) is 11.8 Å². The third kappa shape index (κ3) is 5.74. The van der Waals surface area contributed by atoms with Crippen molar-refractivity contribution in [1.82, 2.24) is 10.2 Å². The molecule has 2 amide bonds. The van der Waals surface area contributed by atoms with E-state index in [1.54, 1.807) is 6.07 Å². The molecule has 0 aliphatic carbocycles. The van der Waals surface area contributed by atoms with Crippen molar-refractivity contribution in [3.63, 3.8) is 0 Å². The quantitative estimate of drug-likeness (QED) is 0.712. The Morgan fingerprint density at radius 3 is 2.70 bits per heavy atom. The highest BCUT2D eigenvalue weighted by molar-refractivity contribution is 7.12. The van der Waals surface area contributed by atoms with E-state index >= 15 is 0 Å². The molecule has 0 unspecified atom stereocenters. The molecule has 4 nitrogen and oxygen atoms in total. The van der Waals surface area contributed by atoms with Crippen LogP contribution in [0.5, 0.6) is 0 Å². The molecule has 1 aromatic heterocycles. The highest BCUT2D eigenvalue weighted by atomic mass is 32.1. The van der Waals surface area contributed by atoms with Crippen molar-refractivity contribution in [2.24, 2.45) is 0 Å². The normalized spacial score (nSPS) is 10.3. The lowest BCUT2D eigenvalue weighted by atomic mass is 10.2. The highest BCUT2D eigenvalue weighted by Gasteiger charge is 2.11. The number of unbranched alkanes of at least 4 members (excludes halogenated alkanes) is 1. The zero-order chi connectivity index (χ0) is 14.8. The molecule has 20 heavy (non-hydrogen) atoms. The van der Waals surface area contributed by atoms with Crippen molar-refractivity contribution >= 4 is 23.2 Å². The van der Waals surface area contributed by atoms with Gasteiger partial charge in [-0.1, -0.05) is 19.4 Å². The van der Waals surface area contributed by atoms with E-state index in [9.17, 15) is 9.59 Å². The van der Waals surface area contributed by atoms with Gasteiger partial charge < -0.3 is 10.2 Å². The SMILES string of the molecule is CCCCN(CC)C(=O)CCCNC(=O)c1cccs1. The van der Waals surface area contributed by atoms with Crippen LogP contribution in [0.1, 0.15) is 49.2 Å². The maximum Gasteiger partial charge on any atom is 0.261 e. The van der Waals surface area contributed by atoms with Crippen molar-refractivity contribution in [2.45, 2.75) is 39.5 Å². The third-order valence-corrected chi connectivity index (χ3v) is 3.98. The number of thiophene rings is 1. The second-order valence-corrected chi connectivity index (χ2v) is 5.61. The zero-order valence-electron chi connectivity index (χ0n) is 12.4. The summed E-state index contributed by atoms with van der Waals surface area (Å²) in [5.74, 6) is 0.136. The topological polar surface area (TPSA) is 49.4 Å². The van der Waals surface area contributed by atoms with Crippen LogP contribution in [0.15, 0.2) is 17.5 Å². The minimum Gasteiger partial charge on any atom is -0.351 e. The molecule has 0 aliphatic rings. The summed E-state index contributed by atoms with van der Waals surface area (Å²) >= 11 is 1.43. The van der Waals surface area contributed by atoms with Gasteiger partial charge in [0.1, 0.15) is 0 Å². The van der Waals surface area contributed by atoms with Crippen LogP contribution < -0.4 is 5.32 Å². The standard InChI is InChI=1S/C15H24N2O2S/c1-3-5-11-17(4-2)14(18)9-6-10-16-15(19)13-8-7-12-20-13/h7-8,12H,3-6,9-11H2,1-2H3,(H,16,19). The maximum absolute atomic E-state index is 12.0. The van der Waals surface area contributed by atoms with Gasteiger partial charge in [0.25, 0.3) is 5.91 Å². The van der Waals surface area contributed by atoms with Crippen LogP contribution >= 0.6 is 11.3 Å². The first kappa shape index (κ1) is 16.7. The van der Waals surface area contributed by atoms with Crippen LogP contribution in [0.4, 0.5) is 0 Å². The predicted molar refractivity (Wildman–Crippen MR) is 83.0 cm³/mol. The fourth-order valence-electron chi connectivity index (χ4n) is 1.90. The lowest BCUT2D eigenvalue weighted by Gasteiger charge is -2.20. The van der Waals surface area contributed by atoms with Gasteiger partial charge in [-0.3, -0.25) is 9.59 Å². The summed E-state index contributed by atoms with van der Waals surface area (Å²) in [7, 11) is 0. The molecule has 0 spiro atoms. The molecule has 0 fully saturated rings. The van der Waals surface area contributed by atoms with Crippen LogP contribution in [0, 0.1) is 0 Å². The van der Waals surface area contributed by atoms with Crippen molar-refractivity contribution in [3.8, 4) is 0 Å². The molecule has 0 radical (unpaired) electrons. The van der Waals surface area contributed by atoms with Crippen molar-refractivity contribution in [2.75, 3.05) is 19.6 Å². The fraction of sp³-hybridized carbons (Fsp3) is 0.600. The number of hydrogen-bond donors (Lipinski definition) is 1. The van der Waals surface area contributed by atoms with Crippen molar-refractivity contribution in [1.29, 1.82) is 0 Å². The molecule has 0 aliphatic heterocycles. The molecule has 0 saturated heterocycles. The van der Waals surface area contributed by atoms with E-state index in [0.29, 0.717) is 19.4 Å². The molecule has 112 valence electrons. The van der Waals surface area contributed by atoms with Gasteiger partial charge in [-0.25, -0.2) is 0 Å². The first-order chi connectivity index (χ1) is 9.69. The Kier molecular flexibility index (Phi) is 7.95. The second-order valence-electron chi connectivity index (χ2n) is 4.66. The second kappa shape index (κ2) is 9.53. The fourth-order valence-corrected chi connectivity index (χ4v) is 2.54. The summed E-state index contributed by atoms with van der Waals surface area (Å²) in [6.07, 6.45) is 3.34. The van der Waals surface area contributed by atoms with Gasteiger partial charge in [-0.2, -0.15) is 0 Å². The van der Waals surface area contributed by atoms with Gasteiger partial charge in [-0.15, -0.1) is 11.3 Å². The van der Waals surface area contributed by atoms with Gasteiger partial charge in [0.05, 0.1) is 4.88 Å². The molecule has 0 saturated carbocycles. The van der Waals surface area contributed by atoms with Crippen molar-refractivity contribution in [3.05, 3.63) is 22.4 Å². The molecule has 0 aromatic carbocycles. The minimum absolute atomic E-state index is 0.0502. The lowest BCUT2D eigenvalue weighted by Crippen LogP contribution is -2.32. The molecule has 0 bridgehead atoms. The Bertz CT molecular complexity index is 404. The minimum atomic E-state index is -0.0502. The number of nitrogens with one attached hydrogen (secondary N) is 1. The van der Waals surface area contributed by atoms with E-state index < -0.39 is 0 Å². The highest BCUT2D eigenvalue weighted by Crippen LogP contribution is 2.07. The Morgan fingerprint density at radius 2 is 2.10 bits per heavy atom. The monoisotopic (exact) mass is 296 g/mol. The van der Waals surface area contributed by atoms with Crippen LogP contribution in [0.3, 0.4) is 0 Å². The lowest BCUT2D eigenvalue weighted by molar-refractivity contribution is -0.131. The summed E-state index contributed by atoms with van der Waals surface area (Å²) < 4.78 is 0. The Hall–Kier alpha value is -1.36. The average molecular weight is 296 g/mol. The number of nitrogens with zero attached hydrogens (tertiary/aromatic N) is 1. The van der Waals surface area contributed by atoms with Crippen LogP contribution in [0.2, 0.25) is 0 Å². The molecule has 1 rings (SSSR count). The maximum atomic E-state index is 12.0. The van der Waals surface area contributed by atoms with Gasteiger partial charge in [0.15, 0.2) is 0 Å². The van der Waals surface area contributed by atoms with E-state index in [1.807, 2.05) is 23.3 Å². The smallest absolute Gasteiger partial charge is 0.261 e. The first-order valence-electron chi connectivity index (χ1n) is 7.28. The molecule has 1 N–H and O–H groups in total. The van der Waals surface area contributed by atoms with Crippen LogP contribution in [0.25, 0.3) is 0 Å². The number of hydrogen-bond acceptors (Lipinski definition) is 3. The summed E-state index contributed by atoms with van der Waals surface area (Å²) in [5.41, 5.74) is 0. The zero-order valence-corrected chi connectivity index (χ0v) is 13.2. The van der Waals surface area contributed by atoms with Crippen LogP contribution in [-0.4, -0.2) is 36.3 Å². The summed E-state index contributed by atoms with van der Waals surface area (Å²) in [5, 5.41) is 4.72. The summed E-state index contributed by atoms with van der Waals surface area (Å²) in [6.45, 7) is 6.28. The first-order valence-corrected chi connectivity index (χ1v) is 8.16. The van der Waals surface area contributed by atoms with Gasteiger partial charge in [0.2, 0.25) is 5.91 Å². The van der Waals surface area contributed by atoms with Crippen molar-refractivity contribution < 1.29 is 9.59 Å². The van der Waals surface area contributed by atoms with E-state index in [2.05, 4.69) is 12.2 Å².